The lowest BCUT2D eigenvalue weighted by Crippen LogP contribution is -2.27. The molecular weight excluding hydrogens is 415 g/mol. The summed E-state index contributed by atoms with van der Waals surface area (Å²) in [5, 5.41) is 7.65. The minimum absolute atomic E-state index is 0.197. The molecule has 33 heavy (non-hydrogen) atoms. The molecule has 0 unspecified atom stereocenters. The molecule has 0 aliphatic carbocycles. The Morgan fingerprint density at radius 3 is 2.30 bits per heavy atom. The van der Waals surface area contributed by atoms with Crippen molar-refractivity contribution in [3.63, 3.8) is 0 Å². The highest BCUT2D eigenvalue weighted by Gasteiger charge is 2.19. The maximum Gasteiger partial charge on any atom is 0.270 e. The number of halogens is 1. The molecule has 1 amide bonds. The van der Waals surface area contributed by atoms with Crippen molar-refractivity contribution in [2.24, 2.45) is 0 Å². The van der Waals surface area contributed by atoms with Crippen LogP contribution in [0.15, 0.2) is 97.1 Å². The Hall–Kier alpha value is -4.32. The molecule has 0 spiro atoms. The summed E-state index contributed by atoms with van der Waals surface area (Å²) in [4.78, 5) is 17.7. The van der Waals surface area contributed by atoms with Gasteiger partial charge in [0.15, 0.2) is 5.65 Å². The van der Waals surface area contributed by atoms with Crippen LogP contribution in [-0.4, -0.2) is 20.5 Å². The van der Waals surface area contributed by atoms with Crippen LogP contribution in [0.5, 0.6) is 0 Å². The van der Waals surface area contributed by atoms with E-state index in [-0.39, 0.29) is 17.6 Å². The van der Waals surface area contributed by atoms with Gasteiger partial charge in [0.05, 0.1) is 17.4 Å². The van der Waals surface area contributed by atoms with E-state index >= 15 is 0 Å². The third kappa shape index (κ3) is 4.11. The van der Waals surface area contributed by atoms with Gasteiger partial charge in [-0.2, -0.15) is 5.10 Å². The Labute approximate surface area is 190 Å². The van der Waals surface area contributed by atoms with Crippen molar-refractivity contribution < 1.29 is 9.18 Å². The zero-order valence-corrected chi connectivity index (χ0v) is 17.9. The molecule has 0 aliphatic heterocycles. The molecule has 0 fully saturated rings. The van der Waals surface area contributed by atoms with Gasteiger partial charge in [0, 0.05) is 17.2 Å². The second-order valence-corrected chi connectivity index (χ2v) is 7.78. The highest BCUT2D eigenvalue weighted by atomic mass is 19.1. The molecule has 1 atom stereocenters. The summed E-state index contributed by atoms with van der Waals surface area (Å²) < 4.78 is 16.3. The summed E-state index contributed by atoms with van der Waals surface area (Å²) in [6, 6.07) is 29.0. The number of hydrogen-bond donors (Lipinski definition) is 1. The van der Waals surface area contributed by atoms with E-state index in [0.29, 0.717) is 22.6 Å². The van der Waals surface area contributed by atoms with Crippen LogP contribution >= 0.6 is 0 Å². The molecule has 5 aromatic rings. The van der Waals surface area contributed by atoms with Crippen molar-refractivity contribution in [3.8, 4) is 22.5 Å². The molecule has 6 heteroatoms. The first-order valence-electron chi connectivity index (χ1n) is 10.7. The Bertz CT molecular complexity index is 1430. The molecular formula is C27H21FN4O. The van der Waals surface area contributed by atoms with E-state index in [1.807, 2.05) is 67.6 Å². The number of benzene rings is 3. The number of nitrogens with one attached hydrogen (secondary N) is 1. The van der Waals surface area contributed by atoms with Gasteiger partial charge in [-0.25, -0.2) is 13.9 Å². The van der Waals surface area contributed by atoms with E-state index in [9.17, 15) is 9.18 Å². The molecule has 5 rings (SSSR count). The fraction of sp³-hybridized carbons (Fsp3) is 0.0741. The summed E-state index contributed by atoms with van der Waals surface area (Å²) in [5.74, 6) is -0.736. The number of amides is 1. The Balaban J connectivity index is 1.61. The molecule has 0 aliphatic rings. The van der Waals surface area contributed by atoms with Crippen LogP contribution in [0.25, 0.3) is 28.2 Å². The van der Waals surface area contributed by atoms with E-state index in [1.165, 1.54) is 6.07 Å². The van der Waals surface area contributed by atoms with Gasteiger partial charge < -0.3 is 5.32 Å². The molecule has 2 aromatic heterocycles. The smallest absolute Gasteiger partial charge is 0.270 e. The number of carbonyl (C=O) groups excluding carboxylic acids is 1. The van der Waals surface area contributed by atoms with Crippen molar-refractivity contribution in [2.75, 3.05) is 0 Å². The van der Waals surface area contributed by atoms with Gasteiger partial charge in [0.2, 0.25) is 0 Å². The lowest BCUT2D eigenvalue weighted by Gasteiger charge is -2.15. The molecule has 3 aromatic carbocycles. The number of fused-ring (bicyclic) bond motifs is 1. The molecule has 2 heterocycles. The van der Waals surface area contributed by atoms with E-state index in [1.54, 1.807) is 34.8 Å². The van der Waals surface area contributed by atoms with Gasteiger partial charge >= 0.3 is 0 Å². The van der Waals surface area contributed by atoms with Gasteiger partial charge in [0.1, 0.15) is 11.5 Å². The van der Waals surface area contributed by atoms with Gasteiger partial charge in [-0.3, -0.25) is 4.79 Å². The van der Waals surface area contributed by atoms with E-state index in [4.69, 9.17) is 0 Å². The fourth-order valence-corrected chi connectivity index (χ4v) is 3.80. The van der Waals surface area contributed by atoms with Crippen molar-refractivity contribution in [2.45, 2.75) is 13.0 Å². The number of nitrogens with zero attached hydrogens (tertiary/aromatic N) is 3. The van der Waals surface area contributed by atoms with Crippen LogP contribution in [0, 0.1) is 5.82 Å². The Morgan fingerprint density at radius 2 is 1.58 bits per heavy atom. The standard InChI is InChI=1S/C27H21FN4O/c1-18(19-10-4-2-5-11-19)29-27(33)24-16-25(21-14-8-9-15-22(21)28)32-26(30-24)17-23(31-32)20-12-6-3-7-13-20/h2-18H,1H3,(H,29,33)/t18-/m0/s1. The second kappa shape index (κ2) is 8.67. The highest BCUT2D eigenvalue weighted by molar-refractivity contribution is 5.94. The van der Waals surface area contributed by atoms with Gasteiger partial charge in [0.25, 0.3) is 5.91 Å². The Kier molecular flexibility index (Phi) is 5.40. The minimum atomic E-state index is -0.397. The number of aromatic nitrogens is 3. The average Bonchev–Trinajstić information content (AvgIpc) is 3.29. The molecule has 5 nitrogen and oxygen atoms in total. The quantitative estimate of drug-likeness (QED) is 0.385. The summed E-state index contributed by atoms with van der Waals surface area (Å²) in [6.45, 7) is 1.91. The van der Waals surface area contributed by atoms with Crippen molar-refractivity contribution in [1.82, 2.24) is 19.9 Å². The maximum absolute atomic E-state index is 14.7. The van der Waals surface area contributed by atoms with Crippen molar-refractivity contribution >= 4 is 11.6 Å². The van der Waals surface area contributed by atoms with Crippen LogP contribution in [0.3, 0.4) is 0 Å². The summed E-state index contributed by atoms with van der Waals surface area (Å²) in [6.07, 6.45) is 0. The highest BCUT2D eigenvalue weighted by Crippen LogP contribution is 2.27. The predicted molar refractivity (Wildman–Crippen MR) is 126 cm³/mol. The second-order valence-electron chi connectivity index (χ2n) is 7.78. The van der Waals surface area contributed by atoms with Crippen LogP contribution in [0.4, 0.5) is 4.39 Å². The van der Waals surface area contributed by atoms with Crippen molar-refractivity contribution in [3.05, 3.63) is 114 Å². The fourth-order valence-electron chi connectivity index (χ4n) is 3.80. The monoisotopic (exact) mass is 436 g/mol. The zero-order valence-electron chi connectivity index (χ0n) is 17.9. The maximum atomic E-state index is 14.7. The summed E-state index contributed by atoms with van der Waals surface area (Å²) >= 11 is 0. The normalized spacial score (nSPS) is 11.9. The molecule has 0 radical (unpaired) electrons. The van der Waals surface area contributed by atoms with Gasteiger partial charge in [-0.05, 0) is 30.7 Å². The first-order chi connectivity index (χ1) is 16.1. The number of carbonyl (C=O) groups is 1. The minimum Gasteiger partial charge on any atom is -0.344 e. The summed E-state index contributed by atoms with van der Waals surface area (Å²) in [7, 11) is 0. The molecule has 1 N–H and O–H groups in total. The van der Waals surface area contributed by atoms with Crippen molar-refractivity contribution in [1.29, 1.82) is 0 Å². The first-order valence-corrected chi connectivity index (χ1v) is 10.7. The van der Waals surface area contributed by atoms with Crippen LogP contribution < -0.4 is 5.32 Å². The lowest BCUT2D eigenvalue weighted by atomic mass is 10.1. The Morgan fingerprint density at radius 1 is 0.909 bits per heavy atom. The lowest BCUT2D eigenvalue weighted by molar-refractivity contribution is 0.0935. The first kappa shape index (κ1) is 20.6. The van der Waals surface area contributed by atoms with Crippen LogP contribution in [0.1, 0.15) is 29.0 Å². The topological polar surface area (TPSA) is 59.3 Å². The number of hydrogen-bond acceptors (Lipinski definition) is 3. The van der Waals surface area contributed by atoms with Gasteiger partial charge in [-0.15, -0.1) is 0 Å². The third-order valence-electron chi connectivity index (χ3n) is 5.53. The SMILES string of the molecule is C[C@H](NC(=O)c1cc(-c2ccccc2F)n2nc(-c3ccccc3)cc2n1)c1ccccc1. The third-order valence-corrected chi connectivity index (χ3v) is 5.53. The van der Waals surface area contributed by atoms with E-state index < -0.39 is 5.82 Å². The predicted octanol–water partition coefficient (Wildman–Crippen LogP) is 5.69. The molecule has 0 saturated heterocycles. The van der Waals surface area contributed by atoms with Gasteiger partial charge in [-0.1, -0.05) is 72.8 Å². The average molecular weight is 436 g/mol. The van der Waals surface area contributed by atoms with Crippen LogP contribution in [-0.2, 0) is 0 Å². The summed E-state index contributed by atoms with van der Waals surface area (Å²) in [5.41, 5.74) is 4.05. The zero-order chi connectivity index (χ0) is 22.8. The molecule has 0 saturated carbocycles. The largest absolute Gasteiger partial charge is 0.344 e. The van der Waals surface area contributed by atoms with E-state index in [0.717, 1.165) is 11.1 Å². The van der Waals surface area contributed by atoms with Crippen LogP contribution in [0.2, 0.25) is 0 Å². The molecule has 162 valence electrons. The number of rotatable bonds is 5. The van der Waals surface area contributed by atoms with E-state index in [2.05, 4.69) is 15.4 Å². The molecule has 0 bridgehead atoms.